The number of anilines is 1. The minimum Gasteiger partial charge on any atom is -0.481 e. The zero-order valence-corrected chi connectivity index (χ0v) is 12.1. The van der Waals surface area contributed by atoms with Crippen LogP contribution < -0.4 is 5.32 Å². The van der Waals surface area contributed by atoms with Gasteiger partial charge in [0.2, 0.25) is 5.91 Å². The Labute approximate surface area is 122 Å². The molecule has 1 fully saturated rings. The molecular weight excluding hydrogens is 275 g/mol. The fraction of sp³-hybridized carbons (Fsp3) is 0.467. The van der Waals surface area contributed by atoms with E-state index in [-0.39, 0.29) is 18.3 Å². The molecule has 1 unspecified atom stereocenters. The molecular formula is C15H19FN2O3. The largest absolute Gasteiger partial charge is 0.481 e. The summed E-state index contributed by atoms with van der Waals surface area (Å²) in [7, 11) is 0. The van der Waals surface area contributed by atoms with Gasteiger partial charge in [0.15, 0.2) is 0 Å². The Hall–Kier alpha value is -1.95. The molecule has 6 heteroatoms. The molecule has 1 atom stereocenters. The average molecular weight is 294 g/mol. The maximum atomic E-state index is 13.4. The lowest BCUT2D eigenvalue weighted by Gasteiger charge is -2.19. The van der Waals surface area contributed by atoms with E-state index in [1.54, 1.807) is 30.9 Å². The van der Waals surface area contributed by atoms with Gasteiger partial charge < -0.3 is 10.4 Å². The lowest BCUT2D eigenvalue weighted by molar-refractivity contribution is -0.147. The van der Waals surface area contributed by atoms with Crippen LogP contribution in [0.5, 0.6) is 0 Å². The number of aryl methyl sites for hydroxylation is 1. The summed E-state index contributed by atoms with van der Waals surface area (Å²) >= 11 is 0. The standard InChI is InChI=1S/C15H19FN2O3/c1-10-3-4-11(7-12(10)16)17-13(19)8-18-6-5-15(2,9-18)14(20)21/h3-4,7H,5-6,8-9H2,1-2H3,(H,17,19)(H,20,21). The molecule has 0 spiro atoms. The van der Waals surface area contributed by atoms with Crippen molar-refractivity contribution in [1.29, 1.82) is 0 Å². The summed E-state index contributed by atoms with van der Waals surface area (Å²) in [6, 6.07) is 4.52. The highest BCUT2D eigenvalue weighted by Crippen LogP contribution is 2.29. The SMILES string of the molecule is Cc1ccc(NC(=O)CN2CCC(C)(C(=O)O)C2)cc1F. The van der Waals surface area contributed by atoms with Crippen molar-refractivity contribution in [2.45, 2.75) is 20.3 Å². The molecule has 114 valence electrons. The van der Waals surface area contributed by atoms with Gasteiger partial charge in [-0.3, -0.25) is 14.5 Å². The molecule has 1 aliphatic heterocycles. The maximum Gasteiger partial charge on any atom is 0.310 e. The summed E-state index contributed by atoms with van der Waals surface area (Å²) in [5.74, 6) is -1.48. The van der Waals surface area contributed by atoms with Gasteiger partial charge in [0.25, 0.3) is 0 Å². The number of carboxylic acid groups (broad SMARTS) is 1. The predicted octanol–water partition coefficient (Wildman–Crippen LogP) is 1.87. The molecule has 21 heavy (non-hydrogen) atoms. The highest BCUT2D eigenvalue weighted by Gasteiger charge is 2.40. The minimum atomic E-state index is -0.842. The van der Waals surface area contributed by atoms with E-state index in [0.29, 0.717) is 30.8 Å². The minimum absolute atomic E-state index is 0.109. The molecule has 0 saturated carbocycles. The summed E-state index contributed by atoms with van der Waals surface area (Å²) in [4.78, 5) is 24.9. The van der Waals surface area contributed by atoms with E-state index in [1.807, 2.05) is 0 Å². The van der Waals surface area contributed by atoms with Crippen molar-refractivity contribution in [3.05, 3.63) is 29.6 Å². The Bertz CT molecular complexity index is 576. The molecule has 1 aliphatic rings. The second-order valence-corrected chi connectivity index (χ2v) is 5.84. The number of aliphatic carboxylic acids is 1. The van der Waals surface area contributed by atoms with E-state index < -0.39 is 11.4 Å². The zero-order chi connectivity index (χ0) is 15.6. The smallest absolute Gasteiger partial charge is 0.310 e. The molecule has 5 nitrogen and oxygen atoms in total. The van der Waals surface area contributed by atoms with Crippen molar-refractivity contribution >= 4 is 17.6 Å². The topological polar surface area (TPSA) is 69.6 Å². The third-order valence-corrected chi connectivity index (χ3v) is 3.89. The molecule has 0 bridgehead atoms. The highest BCUT2D eigenvalue weighted by atomic mass is 19.1. The second-order valence-electron chi connectivity index (χ2n) is 5.84. The van der Waals surface area contributed by atoms with Crippen LogP contribution in [0, 0.1) is 18.2 Å². The molecule has 0 radical (unpaired) electrons. The van der Waals surface area contributed by atoms with Gasteiger partial charge in [-0.15, -0.1) is 0 Å². The monoisotopic (exact) mass is 294 g/mol. The van der Waals surface area contributed by atoms with Crippen molar-refractivity contribution in [3.63, 3.8) is 0 Å². The average Bonchev–Trinajstić information content (AvgIpc) is 2.77. The van der Waals surface area contributed by atoms with Crippen LogP contribution in [-0.4, -0.2) is 41.5 Å². The van der Waals surface area contributed by atoms with Crippen LogP contribution in [0.4, 0.5) is 10.1 Å². The Morgan fingerprint density at radius 1 is 1.48 bits per heavy atom. The maximum absolute atomic E-state index is 13.4. The number of halogens is 1. The number of likely N-dealkylation sites (tertiary alicyclic amines) is 1. The van der Waals surface area contributed by atoms with Crippen molar-refractivity contribution in [2.75, 3.05) is 25.0 Å². The molecule has 1 aromatic carbocycles. The quantitative estimate of drug-likeness (QED) is 0.889. The number of nitrogens with one attached hydrogen (secondary N) is 1. The molecule has 1 saturated heterocycles. The molecule has 2 N–H and O–H groups in total. The van der Waals surface area contributed by atoms with Crippen LogP contribution in [0.3, 0.4) is 0 Å². The van der Waals surface area contributed by atoms with Gasteiger partial charge in [0.05, 0.1) is 12.0 Å². The van der Waals surface area contributed by atoms with Gasteiger partial charge in [-0.25, -0.2) is 4.39 Å². The van der Waals surface area contributed by atoms with Gasteiger partial charge in [0, 0.05) is 12.2 Å². The van der Waals surface area contributed by atoms with Crippen LogP contribution in [0.1, 0.15) is 18.9 Å². The van der Waals surface area contributed by atoms with E-state index in [9.17, 15) is 14.0 Å². The number of carbonyl (C=O) groups excluding carboxylic acids is 1. The fourth-order valence-electron chi connectivity index (χ4n) is 2.44. The van der Waals surface area contributed by atoms with Crippen LogP contribution in [0.2, 0.25) is 0 Å². The summed E-state index contributed by atoms with van der Waals surface area (Å²) in [5, 5.41) is 11.8. The van der Waals surface area contributed by atoms with Crippen molar-refractivity contribution in [3.8, 4) is 0 Å². The van der Waals surface area contributed by atoms with Gasteiger partial charge >= 0.3 is 5.97 Å². The third-order valence-electron chi connectivity index (χ3n) is 3.89. The van der Waals surface area contributed by atoms with E-state index in [1.165, 1.54) is 6.07 Å². The summed E-state index contributed by atoms with van der Waals surface area (Å²) in [5.41, 5.74) is 0.129. The number of hydrogen-bond donors (Lipinski definition) is 2. The molecule has 2 rings (SSSR count). The summed E-state index contributed by atoms with van der Waals surface area (Å²) in [6.45, 7) is 4.36. The Balaban J connectivity index is 1.91. The number of carbonyl (C=O) groups is 2. The Morgan fingerprint density at radius 2 is 2.19 bits per heavy atom. The zero-order valence-electron chi connectivity index (χ0n) is 12.1. The highest BCUT2D eigenvalue weighted by molar-refractivity contribution is 5.92. The third kappa shape index (κ3) is 3.58. The van der Waals surface area contributed by atoms with E-state index in [2.05, 4.69) is 5.32 Å². The molecule has 0 aromatic heterocycles. The first-order valence-corrected chi connectivity index (χ1v) is 6.82. The normalized spacial score (nSPS) is 22.2. The van der Waals surface area contributed by atoms with Crippen LogP contribution in [0.15, 0.2) is 18.2 Å². The Morgan fingerprint density at radius 3 is 2.76 bits per heavy atom. The lowest BCUT2D eigenvalue weighted by atomic mass is 9.90. The fourth-order valence-corrected chi connectivity index (χ4v) is 2.44. The van der Waals surface area contributed by atoms with Gasteiger partial charge in [-0.05, 0) is 44.5 Å². The van der Waals surface area contributed by atoms with Gasteiger partial charge in [-0.1, -0.05) is 6.07 Å². The molecule has 1 amide bonds. The Kier molecular flexibility index (Phi) is 4.27. The number of nitrogens with zero attached hydrogens (tertiary/aromatic N) is 1. The summed E-state index contributed by atoms with van der Waals surface area (Å²) < 4.78 is 13.4. The first-order valence-electron chi connectivity index (χ1n) is 6.82. The van der Waals surface area contributed by atoms with E-state index in [0.717, 1.165) is 0 Å². The summed E-state index contributed by atoms with van der Waals surface area (Å²) in [6.07, 6.45) is 0.523. The number of benzene rings is 1. The number of rotatable bonds is 4. The van der Waals surface area contributed by atoms with Crippen molar-refractivity contribution in [1.82, 2.24) is 4.90 Å². The number of amides is 1. The second kappa shape index (κ2) is 5.81. The van der Waals surface area contributed by atoms with Gasteiger partial charge in [0.1, 0.15) is 5.82 Å². The first-order chi connectivity index (χ1) is 9.80. The first kappa shape index (κ1) is 15.4. The predicted molar refractivity (Wildman–Crippen MR) is 76.6 cm³/mol. The van der Waals surface area contributed by atoms with E-state index in [4.69, 9.17) is 5.11 Å². The number of carboxylic acids is 1. The van der Waals surface area contributed by atoms with Crippen LogP contribution in [-0.2, 0) is 9.59 Å². The molecule has 1 heterocycles. The molecule has 0 aliphatic carbocycles. The van der Waals surface area contributed by atoms with E-state index >= 15 is 0 Å². The van der Waals surface area contributed by atoms with Gasteiger partial charge in [-0.2, -0.15) is 0 Å². The van der Waals surface area contributed by atoms with Crippen molar-refractivity contribution < 1.29 is 19.1 Å². The molecule has 1 aromatic rings. The van der Waals surface area contributed by atoms with Crippen LogP contribution >= 0.6 is 0 Å². The lowest BCUT2D eigenvalue weighted by Crippen LogP contribution is -2.35. The van der Waals surface area contributed by atoms with Crippen LogP contribution in [0.25, 0.3) is 0 Å². The van der Waals surface area contributed by atoms with Crippen molar-refractivity contribution in [2.24, 2.45) is 5.41 Å². The number of hydrogen-bond acceptors (Lipinski definition) is 3.